The topological polar surface area (TPSA) is 26.3 Å². The van der Waals surface area contributed by atoms with Crippen molar-refractivity contribution >= 4 is 6.29 Å². The van der Waals surface area contributed by atoms with Crippen LogP contribution in [-0.2, 0) is 9.53 Å². The smallest absolute Gasteiger partial charge is 0.410 e. The first kappa shape index (κ1) is 9.83. The molecular formula is C8H7F3O2. The van der Waals surface area contributed by atoms with Crippen molar-refractivity contribution in [1.82, 2.24) is 0 Å². The van der Waals surface area contributed by atoms with Crippen molar-refractivity contribution in [3.8, 4) is 0 Å². The molecule has 2 nitrogen and oxygen atoms in total. The predicted octanol–water partition coefficient (Wildman–Crippen LogP) is 2.18. The first-order valence-electron chi connectivity index (χ1n) is 3.60. The maximum Gasteiger partial charge on any atom is 0.572 e. The average Bonchev–Trinajstić information content (AvgIpc) is 2.02. The van der Waals surface area contributed by atoms with Crippen molar-refractivity contribution in [2.24, 2.45) is 5.92 Å². The molecule has 1 unspecified atom stereocenters. The molecule has 0 N–H and O–H groups in total. The average molecular weight is 192 g/mol. The lowest BCUT2D eigenvalue weighted by molar-refractivity contribution is -0.308. The van der Waals surface area contributed by atoms with E-state index in [1.54, 1.807) is 6.08 Å². The molecule has 0 spiro atoms. The molecule has 0 heterocycles. The summed E-state index contributed by atoms with van der Waals surface area (Å²) in [7, 11) is 0. The number of ether oxygens (including phenoxy) is 1. The molecule has 1 aliphatic carbocycles. The van der Waals surface area contributed by atoms with Gasteiger partial charge < -0.3 is 9.53 Å². The fraction of sp³-hybridized carbons (Fsp3) is 0.375. The molecule has 1 rings (SSSR count). The van der Waals surface area contributed by atoms with Crippen molar-refractivity contribution in [1.29, 1.82) is 0 Å². The zero-order valence-corrected chi connectivity index (χ0v) is 6.54. The van der Waals surface area contributed by atoms with Gasteiger partial charge in [-0.2, -0.15) is 0 Å². The first-order valence-corrected chi connectivity index (χ1v) is 3.60. The summed E-state index contributed by atoms with van der Waals surface area (Å²) in [5.74, 6) is -1.16. The van der Waals surface area contributed by atoms with Crippen LogP contribution in [0.5, 0.6) is 0 Å². The number of carbonyl (C=O) groups excluding carboxylic acids is 1. The van der Waals surface area contributed by atoms with Crippen molar-refractivity contribution in [3.05, 3.63) is 24.0 Å². The highest BCUT2D eigenvalue weighted by atomic mass is 19.4. The third-order valence-corrected chi connectivity index (χ3v) is 1.55. The van der Waals surface area contributed by atoms with Crippen molar-refractivity contribution in [2.45, 2.75) is 12.8 Å². The third kappa shape index (κ3) is 2.93. The zero-order chi connectivity index (χ0) is 9.90. The van der Waals surface area contributed by atoms with Gasteiger partial charge in [0.2, 0.25) is 0 Å². The molecule has 0 amide bonds. The van der Waals surface area contributed by atoms with E-state index in [0.717, 1.165) is 6.08 Å². The minimum absolute atomic E-state index is 0.255. The minimum atomic E-state index is -4.72. The molecule has 0 radical (unpaired) electrons. The van der Waals surface area contributed by atoms with E-state index in [-0.39, 0.29) is 12.2 Å². The van der Waals surface area contributed by atoms with E-state index < -0.39 is 12.3 Å². The molecule has 1 atom stereocenters. The van der Waals surface area contributed by atoms with Gasteiger partial charge in [0.25, 0.3) is 0 Å². The number of alkyl halides is 3. The van der Waals surface area contributed by atoms with E-state index in [2.05, 4.69) is 4.74 Å². The van der Waals surface area contributed by atoms with Gasteiger partial charge in [-0.25, -0.2) is 0 Å². The van der Waals surface area contributed by atoms with Gasteiger partial charge in [-0.15, -0.1) is 13.2 Å². The van der Waals surface area contributed by atoms with Crippen LogP contribution in [-0.4, -0.2) is 12.6 Å². The highest BCUT2D eigenvalue weighted by molar-refractivity contribution is 5.59. The maximum absolute atomic E-state index is 11.7. The monoisotopic (exact) mass is 192 g/mol. The Morgan fingerprint density at radius 3 is 2.77 bits per heavy atom. The van der Waals surface area contributed by atoms with Gasteiger partial charge in [0.05, 0.1) is 5.92 Å². The Hall–Kier alpha value is -1.26. The summed E-state index contributed by atoms with van der Waals surface area (Å²) in [6.45, 7) is 0. The lowest BCUT2D eigenvalue weighted by Crippen LogP contribution is -2.19. The molecule has 13 heavy (non-hydrogen) atoms. The molecule has 0 saturated heterocycles. The molecule has 0 aromatic heterocycles. The minimum Gasteiger partial charge on any atom is -0.410 e. The molecule has 0 bridgehead atoms. The quantitative estimate of drug-likeness (QED) is 0.627. The number of hydrogen-bond acceptors (Lipinski definition) is 2. The third-order valence-electron chi connectivity index (χ3n) is 1.55. The number of rotatable bonds is 2. The second-order valence-electron chi connectivity index (χ2n) is 2.52. The first-order chi connectivity index (χ1) is 6.03. The molecule has 5 heteroatoms. The Morgan fingerprint density at radius 2 is 2.23 bits per heavy atom. The van der Waals surface area contributed by atoms with Crippen LogP contribution in [0.15, 0.2) is 24.0 Å². The molecule has 1 aliphatic rings. The number of aldehydes is 1. The predicted molar refractivity (Wildman–Crippen MR) is 38.5 cm³/mol. The summed E-state index contributed by atoms with van der Waals surface area (Å²) in [5, 5.41) is 0. The Bertz CT molecular complexity index is 253. The largest absolute Gasteiger partial charge is 0.572 e. The van der Waals surface area contributed by atoms with E-state index in [0.29, 0.717) is 6.29 Å². The van der Waals surface area contributed by atoms with Gasteiger partial charge in [-0.3, -0.25) is 0 Å². The van der Waals surface area contributed by atoms with Gasteiger partial charge in [0.1, 0.15) is 12.0 Å². The van der Waals surface area contributed by atoms with E-state index in [4.69, 9.17) is 0 Å². The molecule has 0 aromatic rings. The Labute approximate surface area is 72.7 Å². The molecular weight excluding hydrogens is 185 g/mol. The lowest BCUT2D eigenvalue weighted by atomic mass is 10.0. The highest BCUT2D eigenvalue weighted by Crippen LogP contribution is 2.27. The van der Waals surface area contributed by atoms with E-state index in [1.165, 1.54) is 6.08 Å². The van der Waals surface area contributed by atoms with E-state index in [1.807, 2.05) is 0 Å². The van der Waals surface area contributed by atoms with Gasteiger partial charge in [-0.1, -0.05) is 12.2 Å². The van der Waals surface area contributed by atoms with Gasteiger partial charge >= 0.3 is 6.36 Å². The van der Waals surface area contributed by atoms with Crippen LogP contribution in [0.1, 0.15) is 6.42 Å². The number of allylic oxidation sites excluding steroid dienone is 4. The van der Waals surface area contributed by atoms with Crippen LogP contribution in [0.25, 0.3) is 0 Å². The molecule has 0 aliphatic heterocycles. The van der Waals surface area contributed by atoms with Gasteiger partial charge in [0.15, 0.2) is 0 Å². The zero-order valence-electron chi connectivity index (χ0n) is 6.54. The van der Waals surface area contributed by atoms with Gasteiger partial charge in [-0.05, 0) is 12.5 Å². The second-order valence-corrected chi connectivity index (χ2v) is 2.52. The fourth-order valence-corrected chi connectivity index (χ4v) is 0.994. The summed E-state index contributed by atoms with van der Waals surface area (Å²) in [4.78, 5) is 10.3. The van der Waals surface area contributed by atoms with Crippen molar-refractivity contribution in [3.63, 3.8) is 0 Å². The second kappa shape index (κ2) is 3.64. The fourth-order valence-electron chi connectivity index (χ4n) is 0.994. The van der Waals surface area contributed by atoms with E-state index >= 15 is 0 Å². The maximum atomic E-state index is 11.7. The Balaban J connectivity index is 2.70. The Morgan fingerprint density at radius 1 is 1.54 bits per heavy atom. The summed E-state index contributed by atoms with van der Waals surface area (Å²) in [6.07, 6.45) is 0.171. The number of halogens is 3. The van der Waals surface area contributed by atoms with Crippen LogP contribution in [0.4, 0.5) is 13.2 Å². The van der Waals surface area contributed by atoms with Crippen LogP contribution in [0.3, 0.4) is 0 Å². The van der Waals surface area contributed by atoms with Gasteiger partial charge in [0, 0.05) is 0 Å². The summed E-state index contributed by atoms with van der Waals surface area (Å²) < 4.78 is 38.9. The molecule has 0 fully saturated rings. The van der Waals surface area contributed by atoms with Crippen molar-refractivity contribution < 1.29 is 22.7 Å². The Kier molecular flexibility index (Phi) is 2.75. The molecule has 0 aromatic carbocycles. The number of hydrogen-bond donors (Lipinski definition) is 0. The van der Waals surface area contributed by atoms with E-state index in [9.17, 15) is 18.0 Å². The van der Waals surface area contributed by atoms with Crippen LogP contribution < -0.4 is 0 Å². The molecule has 72 valence electrons. The molecule has 0 saturated carbocycles. The SMILES string of the molecule is O=CC1CC=CC=C1OC(F)(F)F. The number of carbonyl (C=O) groups is 1. The summed E-state index contributed by atoms with van der Waals surface area (Å²) >= 11 is 0. The van der Waals surface area contributed by atoms with Crippen LogP contribution in [0, 0.1) is 5.92 Å². The van der Waals surface area contributed by atoms with Crippen molar-refractivity contribution in [2.75, 3.05) is 0 Å². The summed E-state index contributed by atoms with van der Waals surface area (Å²) in [6, 6.07) is 0. The summed E-state index contributed by atoms with van der Waals surface area (Å²) in [5.41, 5.74) is 0. The van der Waals surface area contributed by atoms with Crippen LogP contribution >= 0.6 is 0 Å². The van der Waals surface area contributed by atoms with Crippen LogP contribution in [0.2, 0.25) is 0 Å². The normalized spacial score (nSPS) is 22.4. The lowest BCUT2D eigenvalue weighted by Gasteiger charge is -2.18. The standard InChI is InChI=1S/C8H7F3O2/c9-8(10,11)13-7-4-2-1-3-6(7)5-12/h1-2,4-6H,3H2. The highest BCUT2D eigenvalue weighted by Gasteiger charge is 2.34.